The molecule has 0 saturated carbocycles. The van der Waals surface area contributed by atoms with Gasteiger partial charge in [0.2, 0.25) is 0 Å². The van der Waals surface area contributed by atoms with E-state index in [4.69, 9.17) is 23.4 Å². The summed E-state index contributed by atoms with van der Waals surface area (Å²) >= 11 is 0. The second kappa shape index (κ2) is 16.2. The fraction of sp³-hybridized carbons (Fsp3) is 0.455. The number of carbonyl (C=O) groups excluding carboxylic acids is 1. The lowest BCUT2D eigenvalue weighted by Gasteiger charge is -2.34. The maximum absolute atomic E-state index is 11.7. The summed E-state index contributed by atoms with van der Waals surface area (Å²) in [5.41, 5.74) is 4.46. The average Bonchev–Trinajstić information content (AvgIpc) is 3.55. The van der Waals surface area contributed by atoms with Gasteiger partial charge in [0.1, 0.15) is 18.1 Å². The standard InChI is InChI=1S/C33H43N7O7S/c1-25(41)46-16-14-38-12-10-37(11-13-38)8-5-9-39-24-26(22-35-39)33-23-34-31-7-6-27(20-32(31)36-33)40(15-17-47-48(4,42)43)28-18-29(44-2)21-30(19-28)45-3/h6-7,18-24H,5,8-17H2,1-4H3. The number of ether oxygens (including phenoxy) is 3. The summed E-state index contributed by atoms with van der Waals surface area (Å²) in [6.45, 7) is 8.52. The minimum atomic E-state index is -3.62. The van der Waals surface area contributed by atoms with E-state index in [2.05, 4.69) is 19.9 Å². The quantitative estimate of drug-likeness (QED) is 0.126. The van der Waals surface area contributed by atoms with E-state index in [0.29, 0.717) is 29.3 Å². The molecule has 1 aliphatic heterocycles. The zero-order valence-corrected chi connectivity index (χ0v) is 28.7. The molecule has 1 fully saturated rings. The molecule has 0 aliphatic carbocycles. The number of anilines is 2. The Morgan fingerprint density at radius 3 is 2.25 bits per heavy atom. The van der Waals surface area contributed by atoms with Gasteiger partial charge in [-0.15, -0.1) is 0 Å². The van der Waals surface area contributed by atoms with Gasteiger partial charge in [-0.05, 0) is 31.2 Å². The second-order valence-electron chi connectivity index (χ2n) is 11.5. The molecular weight excluding hydrogens is 638 g/mol. The van der Waals surface area contributed by atoms with Crippen LogP contribution in [0.5, 0.6) is 11.5 Å². The molecule has 5 rings (SSSR count). The molecule has 0 atom stereocenters. The molecule has 1 saturated heterocycles. The number of hydrogen-bond donors (Lipinski definition) is 0. The van der Waals surface area contributed by atoms with Crippen molar-refractivity contribution >= 4 is 38.5 Å². The van der Waals surface area contributed by atoms with Crippen molar-refractivity contribution in [3.8, 4) is 22.8 Å². The topological polar surface area (TPSA) is 141 Å². The fourth-order valence-corrected chi connectivity index (χ4v) is 5.95. The third-order valence-electron chi connectivity index (χ3n) is 8.07. The molecule has 4 aromatic rings. The highest BCUT2D eigenvalue weighted by molar-refractivity contribution is 7.85. The van der Waals surface area contributed by atoms with Gasteiger partial charge < -0.3 is 24.0 Å². The van der Waals surface area contributed by atoms with Crippen molar-refractivity contribution in [1.82, 2.24) is 29.5 Å². The van der Waals surface area contributed by atoms with Crippen LogP contribution in [0.25, 0.3) is 22.3 Å². The minimum absolute atomic E-state index is 0.0604. The highest BCUT2D eigenvalue weighted by Crippen LogP contribution is 2.34. The van der Waals surface area contributed by atoms with Crippen molar-refractivity contribution in [3.05, 3.63) is 55.0 Å². The van der Waals surface area contributed by atoms with Crippen LogP contribution < -0.4 is 14.4 Å². The van der Waals surface area contributed by atoms with E-state index >= 15 is 0 Å². The number of hydrogen-bond acceptors (Lipinski definition) is 13. The third kappa shape index (κ3) is 9.86. The third-order valence-corrected chi connectivity index (χ3v) is 8.66. The van der Waals surface area contributed by atoms with Gasteiger partial charge in [0.15, 0.2) is 0 Å². The van der Waals surface area contributed by atoms with E-state index < -0.39 is 10.1 Å². The van der Waals surface area contributed by atoms with E-state index in [9.17, 15) is 13.2 Å². The van der Waals surface area contributed by atoms with Crippen LogP contribution in [0, 0.1) is 0 Å². The van der Waals surface area contributed by atoms with Gasteiger partial charge in [0.05, 0.1) is 56.2 Å². The predicted octanol–water partition coefficient (Wildman–Crippen LogP) is 3.20. The summed E-state index contributed by atoms with van der Waals surface area (Å²) < 4.78 is 46.4. The van der Waals surface area contributed by atoms with Crippen LogP contribution in [0.2, 0.25) is 0 Å². The van der Waals surface area contributed by atoms with E-state index in [1.165, 1.54) is 6.92 Å². The summed E-state index contributed by atoms with van der Waals surface area (Å²) in [7, 11) is -0.472. The molecule has 14 nitrogen and oxygen atoms in total. The van der Waals surface area contributed by atoms with Crippen LogP contribution in [0.1, 0.15) is 13.3 Å². The van der Waals surface area contributed by atoms with E-state index in [0.717, 1.165) is 80.9 Å². The highest BCUT2D eigenvalue weighted by atomic mass is 32.2. The Bertz CT molecular complexity index is 1770. The minimum Gasteiger partial charge on any atom is -0.497 e. The average molecular weight is 682 g/mol. The lowest BCUT2D eigenvalue weighted by atomic mass is 10.2. The van der Waals surface area contributed by atoms with Crippen molar-refractivity contribution < 1.29 is 31.6 Å². The Kier molecular flexibility index (Phi) is 11.8. The summed E-state index contributed by atoms with van der Waals surface area (Å²) in [6.07, 6.45) is 7.54. The Hall–Kier alpha value is -4.31. The fourth-order valence-electron chi connectivity index (χ4n) is 5.57. The van der Waals surface area contributed by atoms with Gasteiger partial charge in [0.25, 0.3) is 10.1 Å². The zero-order valence-electron chi connectivity index (χ0n) is 27.9. The van der Waals surface area contributed by atoms with Crippen molar-refractivity contribution in [2.45, 2.75) is 19.9 Å². The first kappa shape index (κ1) is 35.0. The van der Waals surface area contributed by atoms with E-state index in [1.807, 2.05) is 46.1 Å². The summed E-state index contributed by atoms with van der Waals surface area (Å²) in [5, 5.41) is 4.57. The number of methoxy groups -OCH3 is 2. The molecule has 3 heterocycles. The van der Waals surface area contributed by atoms with Gasteiger partial charge in [-0.25, -0.2) is 4.98 Å². The van der Waals surface area contributed by atoms with Crippen LogP contribution in [0.15, 0.2) is 55.0 Å². The monoisotopic (exact) mass is 681 g/mol. The van der Waals surface area contributed by atoms with Crippen LogP contribution >= 0.6 is 0 Å². The molecule has 0 amide bonds. The molecule has 48 heavy (non-hydrogen) atoms. The summed E-state index contributed by atoms with van der Waals surface area (Å²) in [4.78, 5) is 27.3. The Morgan fingerprint density at radius 1 is 0.875 bits per heavy atom. The van der Waals surface area contributed by atoms with E-state index in [1.54, 1.807) is 32.7 Å². The molecule has 0 bridgehead atoms. The first-order valence-corrected chi connectivity index (χ1v) is 17.6. The Labute approximate surface area is 281 Å². The predicted molar refractivity (Wildman–Crippen MR) is 182 cm³/mol. The number of rotatable bonds is 16. The number of piperazine rings is 1. The SMILES string of the molecule is COc1cc(OC)cc(N(CCOS(C)(=O)=O)c2ccc3ncc(-c4cnn(CCCN5CCN(CCOC(C)=O)CC5)c4)nc3c2)c1. The molecule has 2 aromatic heterocycles. The number of esters is 1. The molecule has 0 unspecified atom stereocenters. The molecule has 0 radical (unpaired) electrons. The Balaban J connectivity index is 1.25. The smallest absolute Gasteiger partial charge is 0.302 e. The highest BCUT2D eigenvalue weighted by Gasteiger charge is 2.18. The van der Waals surface area contributed by atoms with Gasteiger partial charge >= 0.3 is 5.97 Å². The molecule has 15 heteroatoms. The van der Waals surface area contributed by atoms with Crippen LogP contribution in [0.3, 0.4) is 0 Å². The van der Waals surface area contributed by atoms with Crippen LogP contribution in [0.4, 0.5) is 11.4 Å². The van der Waals surface area contributed by atoms with Gasteiger partial charge in [0, 0.05) is 94.1 Å². The summed E-state index contributed by atoms with van der Waals surface area (Å²) in [6, 6.07) is 11.2. The first-order valence-electron chi connectivity index (χ1n) is 15.8. The number of aromatic nitrogens is 4. The van der Waals surface area contributed by atoms with Gasteiger partial charge in [-0.3, -0.25) is 23.5 Å². The maximum Gasteiger partial charge on any atom is 0.302 e. The number of fused-ring (bicyclic) bond motifs is 1. The zero-order chi connectivity index (χ0) is 34.1. The molecule has 0 N–H and O–H groups in total. The van der Waals surface area contributed by atoms with Crippen molar-refractivity contribution in [3.63, 3.8) is 0 Å². The van der Waals surface area contributed by atoms with E-state index in [-0.39, 0.29) is 19.1 Å². The maximum atomic E-state index is 11.7. The lowest BCUT2D eigenvalue weighted by Crippen LogP contribution is -2.47. The van der Waals surface area contributed by atoms with Crippen molar-refractivity contribution in [1.29, 1.82) is 0 Å². The normalized spacial score (nSPS) is 14.2. The molecule has 2 aromatic carbocycles. The Morgan fingerprint density at radius 2 is 1.58 bits per heavy atom. The second-order valence-corrected chi connectivity index (χ2v) is 13.2. The lowest BCUT2D eigenvalue weighted by molar-refractivity contribution is -0.141. The van der Waals surface area contributed by atoms with Gasteiger partial charge in [-0.2, -0.15) is 13.5 Å². The van der Waals surface area contributed by atoms with Crippen molar-refractivity contribution in [2.75, 3.05) is 84.4 Å². The molecular formula is C33H43N7O7S. The van der Waals surface area contributed by atoms with Crippen LogP contribution in [-0.4, -0.2) is 123 Å². The number of benzene rings is 2. The molecule has 1 aliphatic rings. The summed E-state index contributed by atoms with van der Waals surface area (Å²) in [5.74, 6) is 0.949. The largest absolute Gasteiger partial charge is 0.497 e. The molecule has 0 spiro atoms. The van der Waals surface area contributed by atoms with Crippen molar-refractivity contribution in [2.24, 2.45) is 0 Å². The number of nitrogens with zero attached hydrogens (tertiary/aromatic N) is 7. The first-order chi connectivity index (χ1) is 23.1. The number of aryl methyl sites for hydroxylation is 1. The number of carbonyl (C=O) groups is 1. The van der Waals surface area contributed by atoms with Gasteiger partial charge in [-0.1, -0.05) is 0 Å². The molecule has 258 valence electrons. The van der Waals surface area contributed by atoms with Crippen LogP contribution in [-0.2, 0) is 30.4 Å².